The molecule has 1 heterocycles. The van der Waals surface area contributed by atoms with E-state index in [9.17, 15) is 9.90 Å². The van der Waals surface area contributed by atoms with Crippen LogP contribution in [0.2, 0.25) is 0 Å². The number of ether oxygens (including phenoxy) is 1. The Bertz CT molecular complexity index is 1250. The summed E-state index contributed by atoms with van der Waals surface area (Å²) in [6, 6.07) is 17.5. The van der Waals surface area contributed by atoms with Gasteiger partial charge in [-0.15, -0.1) is 0 Å². The third-order valence-corrected chi connectivity index (χ3v) is 8.27. The molecule has 1 aliphatic rings. The van der Waals surface area contributed by atoms with E-state index in [4.69, 9.17) is 4.74 Å². The summed E-state index contributed by atoms with van der Waals surface area (Å²) in [5.41, 5.74) is 8.41. The molecule has 0 spiro atoms. The maximum atomic E-state index is 10.7. The van der Waals surface area contributed by atoms with Crippen molar-refractivity contribution in [3.8, 4) is 11.3 Å². The van der Waals surface area contributed by atoms with Crippen LogP contribution in [0.5, 0.6) is 0 Å². The van der Waals surface area contributed by atoms with E-state index in [1.54, 1.807) is 6.20 Å². The molecule has 0 saturated heterocycles. The minimum atomic E-state index is -0.639. The summed E-state index contributed by atoms with van der Waals surface area (Å²) in [6.45, 7) is 9.55. The molecular weight excluding hydrogens is 458 g/mol. The van der Waals surface area contributed by atoms with E-state index < -0.39 is 5.60 Å². The second-order valence-electron chi connectivity index (χ2n) is 10.5. The average Bonchev–Trinajstić information content (AvgIpc) is 3.35. The van der Waals surface area contributed by atoms with Crippen LogP contribution >= 0.6 is 0 Å². The maximum absolute atomic E-state index is 10.7. The van der Waals surface area contributed by atoms with Gasteiger partial charge in [-0.05, 0) is 73.4 Å². The molecule has 37 heavy (non-hydrogen) atoms. The normalized spacial score (nSPS) is 15.3. The smallest absolute Gasteiger partial charge is 0.293 e. The number of pyridine rings is 1. The van der Waals surface area contributed by atoms with Crippen molar-refractivity contribution in [2.24, 2.45) is 0 Å². The van der Waals surface area contributed by atoms with Crippen molar-refractivity contribution in [3.05, 3.63) is 94.2 Å². The summed E-state index contributed by atoms with van der Waals surface area (Å²) in [5.74, 6) is 0. The van der Waals surface area contributed by atoms with Gasteiger partial charge in [-0.2, -0.15) is 0 Å². The highest BCUT2D eigenvalue weighted by Gasteiger charge is 2.32. The third kappa shape index (κ3) is 5.70. The van der Waals surface area contributed by atoms with E-state index in [0.29, 0.717) is 6.47 Å². The SMILES string of the molecule is CCC(CC)(c1ccc(C=CC2(O)CCCC2)c(C)c1)c1ccc(-c2ccc(COC=O)cn2)c(C)c1. The lowest BCUT2D eigenvalue weighted by Gasteiger charge is -2.34. The number of aromatic nitrogens is 1. The predicted molar refractivity (Wildman–Crippen MR) is 150 cm³/mol. The number of nitrogens with zero attached hydrogens (tertiary/aromatic N) is 1. The van der Waals surface area contributed by atoms with Gasteiger partial charge in [-0.1, -0.05) is 81.3 Å². The minimum absolute atomic E-state index is 0.0800. The lowest BCUT2D eigenvalue weighted by atomic mass is 9.69. The lowest BCUT2D eigenvalue weighted by Crippen LogP contribution is -2.26. The second-order valence-corrected chi connectivity index (χ2v) is 10.5. The van der Waals surface area contributed by atoms with Gasteiger partial charge in [-0.25, -0.2) is 0 Å². The van der Waals surface area contributed by atoms with Crippen LogP contribution in [-0.2, 0) is 21.6 Å². The zero-order chi connectivity index (χ0) is 26.5. The van der Waals surface area contributed by atoms with Crippen molar-refractivity contribution >= 4 is 12.5 Å². The molecule has 2 aromatic carbocycles. The predicted octanol–water partition coefficient (Wildman–Crippen LogP) is 7.46. The molecule has 0 bridgehead atoms. The van der Waals surface area contributed by atoms with E-state index in [0.717, 1.165) is 55.3 Å². The van der Waals surface area contributed by atoms with E-state index in [1.165, 1.54) is 27.8 Å². The van der Waals surface area contributed by atoms with Gasteiger partial charge in [0, 0.05) is 22.7 Å². The average molecular weight is 498 g/mol. The van der Waals surface area contributed by atoms with E-state index in [2.05, 4.69) is 75.2 Å². The quantitative estimate of drug-likeness (QED) is 0.295. The Hall–Kier alpha value is -3.24. The number of aliphatic hydroxyl groups is 1. The fourth-order valence-electron chi connectivity index (χ4n) is 5.84. The molecular formula is C33H39NO3. The molecule has 0 radical (unpaired) electrons. The van der Waals surface area contributed by atoms with Gasteiger partial charge in [0.05, 0.1) is 11.3 Å². The highest BCUT2D eigenvalue weighted by Crippen LogP contribution is 2.41. The molecule has 0 atom stereocenters. The number of carbonyl (C=O) groups excluding carboxylic acids is 1. The Labute approximate surface area is 221 Å². The van der Waals surface area contributed by atoms with E-state index in [-0.39, 0.29) is 12.0 Å². The number of carbonyl (C=O) groups is 1. The summed E-state index contributed by atoms with van der Waals surface area (Å²) in [6.07, 6.45) is 11.8. The van der Waals surface area contributed by atoms with Gasteiger partial charge in [0.1, 0.15) is 6.61 Å². The molecule has 1 aromatic heterocycles. The summed E-state index contributed by atoms with van der Waals surface area (Å²) in [5, 5.41) is 10.7. The highest BCUT2D eigenvalue weighted by molar-refractivity contribution is 5.65. The number of benzene rings is 2. The van der Waals surface area contributed by atoms with Gasteiger partial charge in [0.25, 0.3) is 6.47 Å². The lowest BCUT2D eigenvalue weighted by molar-refractivity contribution is -0.129. The van der Waals surface area contributed by atoms with Gasteiger partial charge in [0.15, 0.2) is 0 Å². The number of hydrogen-bond donors (Lipinski definition) is 1. The summed E-state index contributed by atoms with van der Waals surface area (Å²) in [4.78, 5) is 15.1. The Morgan fingerprint density at radius 1 is 0.973 bits per heavy atom. The van der Waals surface area contributed by atoms with Crippen molar-refractivity contribution in [3.63, 3.8) is 0 Å². The Morgan fingerprint density at radius 2 is 1.65 bits per heavy atom. The fraction of sp³-hybridized carbons (Fsp3) is 0.394. The summed E-state index contributed by atoms with van der Waals surface area (Å²) >= 11 is 0. The molecule has 4 nitrogen and oxygen atoms in total. The van der Waals surface area contributed by atoms with Crippen LogP contribution in [0.15, 0.2) is 60.8 Å². The molecule has 3 aromatic rings. The van der Waals surface area contributed by atoms with Gasteiger partial charge < -0.3 is 9.84 Å². The summed E-state index contributed by atoms with van der Waals surface area (Å²) < 4.78 is 4.83. The minimum Gasteiger partial charge on any atom is -0.463 e. The first-order chi connectivity index (χ1) is 17.8. The molecule has 1 aliphatic carbocycles. The standard InChI is InChI=1S/C33H39NO3/c1-5-33(6-2,28-11-10-27(24(3)19-28)15-18-32(36)16-7-8-17-32)29-12-13-30(25(4)20-29)31-14-9-26(21-34-31)22-37-23-35/h9-15,18-21,23,36H,5-8,16-17,22H2,1-4H3. The zero-order valence-electron chi connectivity index (χ0n) is 22.6. The van der Waals surface area contributed by atoms with Crippen LogP contribution < -0.4 is 0 Å². The van der Waals surface area contributed by atoms with Crippen LogP contribution in [-0.4, -0.2) is 22.2 Å². The van der Waals surface area contributed by atoms with Crippen LogP contribution in [0.4, 0.5) is 0 Å². The van der Waals surface area contributed by atoms with Crippen molar-refractivity contribution in [2.75, 3.05) is 0 Å². The second kappa shape index (κ2) is 11.4. The first kappa shape index (κ1) is 26.8. The summed E-state index contributed by atoms with van der Waals surface area (Å²) in [7, 11) is 0. The highest BCUT2D eigenvalue weighted by atomic mass is 16.5. The first-order valence-electron chi connectivity index (χ1n) is 13.5. The Morgan fingerprint density at radius 3 is 2.22 bits per heavy atom. The van der Waals surface area contributed by atoms with Gasteiger partial charge in [-0.3, -0.25) is 9.78 Å². The van der Waals surface area contributed by atoms with Gasteiger partial charge >= 0.3 is 0 Å². The zero-order valence-corrected chi connectivity index (χ0v) is 22.6. The van der Waals surface area contributed by atoms with Crippen LogP contribution in [0.25, 0.3) is 17.3 Å². The van der Waals surface area contributed by atoms with Crippen molar-refractivity contribution in [2.45, 2.75) is 83.8 Å². The fourth-order valence-corrected chi connectivity index (χ4v) is 5.84. The third-order valence-electron chi connectivity index (χ3n) is 8.27. The van der Waals surface area contributed by atoms with Crippen molar-refractivity contribution in [1.82, 2.24) is 4.98 Å². The molecule has 194 valence electrons. The molecule has 1 fully saturated rings. The molecule has 0 unspecified atom stereocenters. The number of hydrogen-bond acceptors (Lipinski definition) is 4. The largest absolute Gasteiger partial charge is 0.463 e. The van der Waals surface area contributed by atoms with Gasteiger partial charge in [0.2, 0.25) is 0 Å². The van der Waals surface area contributed by atoms with Crippen LogP contribution in [0.3, 0.4) is 0 Å². The topological polar surface area (TPSA) is 59.4 Å². The first-order valence-corrected chi connectivity index (χ1v) is 13.5. The van der Waals surface area contributed by atoms with E-state index >= 15 is 0 Å². The number of rotatable bonds is 10. The van der Waals surface area contributed by atoms with Crippen molar-refractivity contribution < 1.29 is 14.6 Å². The molecule has 1 saturated carbocycles. The van der Waals surface area contributed by atoms with Crippen LogP contribution in [0, 0.1) is 13.8 Å². The molecule has 0 amide bonds. The maximum Gasteiger partial charge on any atom is 0.293 e. The molecule has 4 heteroatoms. The molecule has 0 aliphatic heterocycles. The Balaban J connectivity index is 1.63. The van der Waals surface area contributed by atoms with Crippen LogP contribution in [0.1, 0.15) is 85.8 Å². The monoisotopic (exact) mass is 497 g/mol. The number of aryl methyl sites for hydroxylation is 2. The molecule has 1 N–H and O–H groups in total. The van der Waals surface area contributed by atoms with E-state index in [1.807, 2.05) is 18.2 Å². The molecule has 4 rings (SSSR count). The Kier molecular flexibility index (Phi) is 8.29. The van der Waals surface area contributed by atoms with Crippen molar-refractivity contribution in [1.29, 1.82) is 0 Å².